The standard InChI is InChI=1S/C18H16N4O2S/c19-18(21-20-12-13-7-3-1-4-8-13)25-15-11-16(23)22(17(15)24)14-9-5-2-6-10-14/h1-10,12,15H,11H2,(H2,19,21)/b20-12-/t15-/m0/s1. The van der Waals surface area contributed by atoms with Crippen molar-refractivity contribution in [2.24, 2.45) is 15.9 Å². The second-order valence-corrected chi connectivity index (χ2v) is 6.53. The number of carbonyl (C=O) groups is 2. The Balaban J connectivity index is 1.65. The molecular weight excluding hydrogens is 336 g/mol. The SMILES string of the molecule is NC(=N/N=C\c1ccccc1)S[C@H]1CC(=O)N(c2ccccc2)C1=O. The summed E-state index contributed by atoms with van der Waals surface area (Å²) in [5.74, 6) is -0.527. The molecule has 0 saturated carbocycles. The predicted octanol–water partition coefficient (Wildman–Crippen LogP) is 2.40. The Labute approximate surface area is 149 Å². The number of rotatable bonds is 4. The first-order valence-electron chi connectivity index (χ1n) is 7.65. The summed E-state index contributed by atoms with van der Waals surface area (Å²) in [7, 11) is 0. The van der Waals surface area contributed by atoms with Gasteiger partial charge in [-0.3, -0.25) is 9.59 Å². The fourth-order valence-corrected chi connectivity index (χ4v) is 3.22. The van der Waals surface area contributed by atoms with Crippen LogP contribution in [0.4, 0.5) is 5.69 Å². The predicted molar refractivity (Wildman–Crippen MR) is 101 cm³/mol. The summed E-state index contributed by atoms with van der Waals surface area (Å²) in [5, 5.41) is 7.36. The van der Waals surface area contributed by atoms with E-state index in [1.807, 2.05) is 36.4 Å². The highest BCUT2D eigenvalue weighted by Crippen LogP contribution is 2.29. The number of thioether (sulfide) groups is 1. The highest BCUT2D eigenvalue weighted by atomic mass is 32.2. The van der Waals surface area contributed by atoms with E-state index < -0.39 is 5.25 Å². The van der Waals surface area contributed by atoms with Gasteiger partial charge in [-0.05, 0) is 17.7 Å². The monoisotopic (exact) mass is 352 g/mol. The number of amidine groups is 1. The van der Waals surface area contributed by atoms with Crippen LogP contribution in [-0.2, 0) is 9.59 Å². The first-order valence-corrected chi connectivity index (χ1v) is 8.53. The molecular formula is C18H16N4O2S. The zero-order chi connectivity index (χ0) is 17.6. The molecule has 1 saturated heterocycles. The second kappa shape index (κ2) is 7.76. The van der Waals surface area contributed by atoms with Crippen molar-refractivity contribution in [1.82, 2.24) is 0 Å². The van der Waals surface area contributed by atoms with E-state index in [1.54, 1.807) is 30.5 Å². The average molecular weight is 352 g/mol. The van der Waals surface area contributed by atoms with Crippen LogP contribution in [0, 0.1) is 0 Å². The van der Waals surface area contributed by atoms with E-state index in [4.69, 9.17) is 5.73 Å². The minimum absolute atomic E-state index is 0.0943. The van der Waals surface area contributed by atoms with E-state index >= 15 is 0 Å². The fourth-order valence-electron chi connectivity index (χ4n) is 2.41. The zero-order valence-corrected chi connectivity index (χ0v) is 14.1. The molecule has 6 nitrogen and oxygen atoms in total. The Morgan fingerprint density at radius 3 is 2.40 bits per heavy atom. The number of benzene rings is 2. The number of imide groups is 1. The topological polar surface area (TPSA) is 88.1 Å². The van der Waals surface area contributed by atoms with Crippen LogP contribution in [0.2, 0.25) is 0 Å². The first kappa shape index (κ1) is 16.9. The van der Waals surface area contributed by atoms with Crippen molar-refractivity contribution in [1.29, 1.82) is 0 Å². The van der Waals surface area contributed by atoms with Crippen LogP contribution in [0.25, 0.3) is 0 Å². The van der Waals surface area contributed by atoms with Crippen LogP contribution in [0.3, 0.4) is 0 Å². The van der Waals surface area contributed by atoms with E-state index in [0.29, 0.717) is 5.69 Å². The van der Waals surface area contributed by atoms with Gasteiger partial charge in [0, 0.05) is 6.42 Å². The van der Waals surface area contributed by atoms with Gasteiger partial charge in [0.25, 0.3) is 0 Å². The molecule has 1 fully saturated rings. The number of nitrogens with two attached hydrogens (primary N) is 1. The van der Waals surface area contributed by atoms with Crippen LogP contribution >= 0.6 is 11.8 Å². The molecule has 2 amide bonds. The van der Waals surface area contributed by atoms with Crippen LogP contribution in [-0.4, -0.2) is 28.4 Å². The molecule has 0 bridgehead atoms. The molecule has 0 unspecified atom stereocenters. The number of para-hydroxylation sites is 1. The van der Waals surface area contributed by atoms with Crippen LogP contribution < -0.4 is 10.6 Å². The van der Waals surface area contributed by atoms with Crippen molar-refractivity contribution >= 4 is 40.6 Å². The molecule has 0 aliphatic carbocycles. The van der Waals surface area contributed by atoms with Crippen molar-refractivity contribution < 1.29 is 9.59 Å². The third kappa shape index (κ3) is 4.13. The maximum absolute atomic E-state index is 12.5. The molecule has 1 aliphatic heterocycles. The minimum Gasteiger partial charge on any atom is -0.377 e. The Bertz CT molecular complexity index is 821. The summed E-state index contributed by atoms with van der Waals surface area (Å²) in [5.41, 5.74) is 7.29. The highest BCUT2D eigenvalue weighted by molar-refractivity contribution is 8.14. The summed E-state index contributed by atoms with van der Waals surface area (Å²) in [6.07, 6.45) is 1.67. The van der Waals surface area contributed by atoms with Crippen LogP contribution in [0.1, 0.15) is 12.0 Å². The molecule has 25 heavy (non-hydrogen) atoms. The summed E-state index contributed by atoms with van der Waals surface area (Å²) >= 11 is 1.05. The molecule has 1 atom stereocenters. The third-order valence-corrected chi connectivity index (χ3v) is 4.52. The smallest absolute Gasteiger partial charge is 0.247 e. The Morgan fingerprint density at radius 1 is 1.08 bits per heavy atom. The van der Waals surface area contributed by atoms with Crippen LogP contribution in [0.15, 0.2) is 70.9 Å². The van der Waals surface area contributed by atoms with Gasteiger partial charge in [-0.2, -0.15) is 5.10 Å². The summed E-state index contributed by atoms with van der Waals surface area (Å²) in [4.78, 5) is 25.8. The van der Waals surface area contributed by atoms with E-state index in [-0.39, 0.29) is 23.4 Å². The summed E-state index contributed by atoms with van der Waals surface area (Å²) in [6, 6.07) is 18.3. The summed E-state index contributed by atoms with van der Waals surface area (Å²) in [6.45, 7) is 0. The van der Waals surface area contributed by atoms with Gasteiger partial charge >= 0.3 is 0 Å². The van der Waals surface area contributed by atoms with Gasteiger partial charge in [0.1, 0.15) is 5.25 Å². The number of anilines is 1. The molecule has 3 rings (SSSR count). The number of hydrogen-bond acceptors (Lipinski definition) is 5. The van der Waals surface area contributed by atoms with Gasteiger partial charge in [-0.25, -0.2) is 4.90 Å². The zero-order valence-electron chi connectivity index (χ0n) is 13.3. The average Bonchev–Trinajstić information content (AvgIpc) is 2.90. The second-order valence-electron chi connectivity index (χ2n) is 5.31. The maximum atomic E-state index is 12.5. The maximum Gasteiger partial charge on any atom is 0.247 e. The molecule has 2 aromatic rings. The number of carbonyl (C=O) groups excluding carboxylic acids is 2. The number of hydrogen-bond donors (Lipinski definition) is 1. The minimum atomic E-state index is -0.580. The molecule has 0 aromatic heterocycles. The molecule has 0 spiro atoms. The molecule has 1 aliphatic rings. The van der Waals surface area contributed by atoms with E-state index in [9.17, 15) is 9.59 Å². The van der Waals surface area contributed by atoms with E-state index in [2.05, 4.69) is 10.2 Å². The lowest BCUT2D eigenvalue weighted by atomic mass is 10.2. The molecule has 1 heterocycles. The largest absolute Gasteiger partial charge is 0.377 e. The van der Waals surface area contributed by atoms with Crippen molar-refractivity contribution in [3.8, 4) is 0 Å². The highest BCUT2D eigenvalue weighted by Gasteiger charge is 2.40. The van der Waals surface area contributed by atoms with Crippen LogP contribution in [0.5, 0.6) is 0 Å². The van der Waals surface area contributed by atoms with Gasteiger partial charge in [0.15, 0.2) is 5.17 Å². The van der Waals surface area contributed by atoms with Crippen molar-refractivity contribution in [3.63, 3.8) is 0 Å². The van der Waals surface area contributed by atoms with E-state index in [1.165, 1.54) is 4.90 Å². The molecule has 2 aromatic carbocycles. The fraction of sp³-hybridized carbons (Fsp3) is 0.111. The molecule has 7 heteroatoms. The molecule has 2 N–H and O–H groups in total. The summed E-state index contributed by atoms with van der Waals surface area (Å²) < 4.78 is 0. The van der Waals surface area contributed by atoms with Gasteiger partial charge in [0.05, 0.1) is 11.9 Å². The molecule has 0 radical (unpaired) electrons. The van der Waals surface area contributed by atoms with Gasteiger partial charge < -0.3 is 5.73 Å². The van der Waals surface area contributed by atoms with Gasteiger partial charge in [0.2, 0.25) is 11.8 Å². The quantitative estimate of drug-likeness (QED) is 0.396. The van der Waals surface area contributed by atoms with Crippen molar-refractivity contribution in [2.75, 3.05) is 4.90 Å². The number of amides is 2. The normalized spacial score (nSPS) is 18.3. The lowest BCUT2D eigenvalue weighted by Gasteiger charge is -2.14. The lowest BCUT2D eigenvalue weighted by Crippen LogP contribution is -2.31. The van der Waals surface area contributed by atoms with E-state index in [0.717, 1.165) is 17.3 Å². The van der Waals surface area contributed by atoms with Crippen molar-refractivity contribution in [3.05, 3.63) is 66.2 Å². The third-order valence-electron chi connectivity index (χ3n) is 3.55. The van der Waals surface area contributed by atoms with Gasteiger partial charge in [-0.1, -0.05) is 60.3 Å². The Kier molecular flexibility index (Phi) is 5.25. The lowest BCUT2D eigenvalue weighted by molar-refractivity contribution is -0.121. The Morgan fingerprint density at radius 2 is 1.72 bits per heavy atom. The van der Waals surface area contributed by atoms with Crippen molar-refractivity contribution in [2.45, 2.75) is 11.7 Å². The number of nitrogens with zero attached hydrogens (tertiary/aromatic N) is 3. The first-order chi connectivity index (χ1) is 12.1. The van der Waals surface area contributed by atoms with Gasteiger partial charge in [-0.15, -0.1) is 5.10 Å². The molecule has 126 valence electrons. The Hall–Kier alpha value is -2.93.